The van der Waals surface area contributed by atoms with Gasteiger partial charge in [-0.05, 0) is 65.8 Å². The number of nitrogens with zero attached hydrogens (tertiary/aromatic N) is 6. The molecule has 0 spiro atoms. The number of hydrogen-bond donors (Lipinski definition) is 1. The monoisotopic (exact) mass is 511 g/mol. The molecule has 0 bridgehead atoms. The number of hydrogen-bond acceptors (Lipinski definition) is 7. The minimum atomic E-state index is -0.445. The van der Waals surface area contributed by atoms with Crippen molar-refractivity contribution in [1.82, 2.24) is 24.7 Å². The molecular weight excluding hydrogens is 490 g/mol. The second-order valence-corrected chi connectivity index (χ2v) is 8.43. The van der Waals surface area contributed by atoms with Gasteiger partial charge in [-0.2, -0.15) is 20.0 Å². The second kappa shape index (κ2) is 10.4. The van der Waals surface area contributed by atoms with Crippen molar-refractivity contribution in [2.45, 2.75) is 6.54 Å². The summed E-state index contributed by atoms with van der Waals surface area (Å²) in [4.78, 5) is 10.5. The molecule has 5 rings (SSSR count). The lowest BCUT2D eigenvalue weighted by atomic mass is 10.1. The number of H-pyrrole nitrogens is 1. The second-order valence-electron chi connectivity index (χ2n) is 8.04. The topological polar surface area (TPSA) is 116 Å². The molecule has 0 unspecified atom stereocenters. The fraction of sp³-hybridized carbons (Fsp3) is 0.0769. The highest BCUT2D eigenvalue weighted by Crippen LogP contribution is 2.27. The van der Waals surface area contributed by atoms with Crippen LogP contribution in [0.25, 0.3) is 22.8 Å². The van der Waals surface area contributed by atoms with Crippen LogP contribution in [0.15, 0.2) is 90.0 Å². The molecule has 0 aliphatic rings. The summed E-state index contributed by atoms with van der Waals surface area (Å²) >= 11 is 5.44. The van der Waals surface area contributed by atoms with Gasteiger partial charge in [-0.3, -0.25) is 14.8 Å². The molecule has 37 heavy (non-hydrogen) atoms. The first kappa shape index (κ1) is 23.8. The molecule has 2 aromatic heterocycles. The van der Waals surface area contributed by atoms with Gasteiger partial charge in [0.15, 0.2) is 0 Å². The van der Waals surface area contributed by atoms with Gasteiger partial charge in [0.2, 0.25) is 10.6 Å². The summed E-state index contributed by atoms with van der Waals surface area (Å²) in [6, 6.07) is 25.7. The molecule has 11 heteroatoms. The third-order valence-electron chi connectivity index (χ3n) is 5.65. The number of aromatic amines is 1. The molecule has 0 atom stereocenters. The van der Waals surface area contributed by atoms with E-state index >= 15 is 0 Å². The standard InChI is InChI=1S/C26H21N7O3S/c1-36-22-13-9-20(10-14-22)23-15-24(31(30-23)17-19-5-3-2-4-6-19)25-28-29-26(37)32(25)27-16-18-7-11-21(12-8-18)33(34)35/h2-16H,17H2,1H3,(H,29,37)/b27-16+. The van der Waals surface area contributed by atoms with Crippen molar-refractivity contribution in [2.75, 3.05) is 7.11 Å². The molecule has 0 amide bonds. The summed E-state index contributed by atoms with van der Waals surface area (Å²) in [5.74, 6) is 1.24. The van der Waals surface area contributed by atoms with E-state index in [0.29, 0.717) is 28.4 Å². The van der Waals surface area contributed by atoms with Crippen molar-refractivity contribution in [3.8, 4) is 28.5 Å². The van der Waals surface area contributed by atoms with Gasteiger partial charge in [0.1, 0.15) is 11.4 Å². The fourth-order valence-electron chi connectivity index (χ4n) is 3.75. The number of nitro groups is 1. The molecule has 1 N–H and O–H groups in total. The van der Waals surface area contributed by atoms with E-state index in [0.717, 1.165) is 22.6 Å². The third-order valence-corrected chi connectivity index (χ3v) is 5.91. The number of ether oxygens (including phenoxy) is 1. The van der Waals surface area contributed by atoms with Crippen LogP contribution in [0, 0.1) is 14.9 Å². The van der Waals surface area contributed by atoms with Crippen LogP contribution in [0.3, 0.4) is 0 Å². The summed E-state index contributed by atoms with van der Waals surface area (Å²) < 4.78 is 8.94. The van der Waals surface area contributed by atoms with Crippen molar-refractivity contribution in [2.24, 2.45) is 5.10 Å². The molecule has 2 heterocycles. The Labute approximate surface area is 216 Å². The van der Waals surface area contributed by atoms with Crippen LogP contribution in [0.4, 0.5) is 5.69 Å². The lowest BCUT2D eigenvalue weighted by Crippen LogP contribution is -2.06. The Balaban J connectivity index is 1.55. The van der Waals surface area contributed by atoms with E-state index < -0.39 is 4.92 Å². The van der Waals surface area contributed by atoms with Crippen LogP contribution in [-0.2, 0) is 6.54 Å². The Morgan fingerprint density at radius 3 is 2.49 bits per heavy atom. The van der Waals surface area contributed by atoms with Crippen molar-refractivity contribution in [3.63, 3.8) is 0 Å². The maximum atomic E-state index is 10.9. The summed E-state index contributed by atoms with van der Waals surface area (Å²) in [5, 5.41) is 27.5. The zero-order valence-corrected chi connectivity index (χ0v) is 20.5. The molecule has 5 aromatic rings. The Kier molecular flexibility index (Phi) is 6.68. The molecule has 0 aliphatic carbocycles. The van der Waals surface area contributed by atoms with E-state index in [1.165, 1.54) is 16.8 Å². The van der Waals surface area contributed by atoms with Gasteiger partial charge in [0.05, 0.1) is 30.5 Å². The third kappa shape index (κ3) is 5.21. The first-order valence-electron chi connectivity index (χ1n) is 11.2. The van der Waals surface area contributed by atoms with Gasteiger partial charge < -0.3 is 4.74 Å². The average molecular weight is 512 g/mol. The highest BCUT2D eigenvalue weighted by atomic mass is 32.1. The number of nitro benzene ring substituents is 1. The molecule has 0 radical (unpaired) electrons. The maximum absolute atomic E-state index is 10.9. The molecule has 10 nitrogen and oxygen atoms in total. The van der Waals surface area contributed by atoms with Gasteiger partial charge in [0.25, 0.3) is 5.69 Å². The van der Waals surface area contributed by atoms with Gasteiger partial charge in [0, 0.05) is 17.7 Å². The van der Waals surface area contributed by atoms with E-state index in [2.05, 4.69) is 15.3 Å². The van der Waals surface area contributed by atoms with E-state index in [-0.39, 0.29) is 5.69 Å². The zero-order chi connectivity index (χ0) is 25.8. The molecule has 0 fully saturated rings. The van der Waals surface area contributed by atoms with E-state index in [1.807, 2.05) is 65.3 Å². The van der Waals surface area contributed by atoms with Crippen molar-refractivity contribution < 1.29 is 9.66 Å². The molecular formula is C26H21N7O3S. The number of non-ortho nitro benzene ring substituents is 1. The average Bonchev–Trinajstić information content (AvgIpc) is 3.51. The molecule has 0 saturated carbocycles. The fourth-order valence-corrected chi connectivity index (χ4v) is 3.93. The van der Waals surface area contributed by atoms with Gasteiger partial charge in [-0.1, -0.05) is 30.3 Å². The number of rotatable bonds is 8. The van der Waals surface area contributed by atoms with E-state index in [4.69, 9.17) is 22.1 Å². The van der Waals surface area contributed by atoms with Crippen LogP contribution >= 0.6 is 12.2 Å². The van der Waals surface area contributed by atoms with Crippen molar-refractivity contribution >= 4 is 24.1 Å². The molecule has 184 valence electrons. The predicted molar refractivity (Wildman–Crippen MR) is 142 cm³/mol. The molecule has 3 aromatic carbocycles. The van der Waals surface area contributed by atoms with E-state index in [9.17, 15) is 10.1 Å². The number of aromatic nitrogens is 5. The van der Waals surface area contributed by atoms with Crippen LogP contribution in [-0.4, -0.2) is 42.9 Å². The van der Waals surface area contributed by atoms with Crippen molar-refractivity contribution in [3.05, 3.63) is 111 Å². The Bertz CT molecular complexity index is 1620. The summed E-state index contributed by atoms with van der Waals surface area (Å²) in [6.07, 6.45) is 1.57. The van der Waals surface area contributed by atoms with Crippen LogP contribution in [0.5, 0.6) is 5.75 Å². The largest absolute Gasteiger partial charge is 0.497 e. The first-order valence-corrected chi connectivity index (χ1v) is 11.7. The van der Waals surface area contributed by atoms with E-state index in [1.54, 1.807) is 25.5 Å². The number of methoxy groups -OCH3 is 1. The first-order chi connectivity index (χ1) is 18.0. The van der Waals surface area contributed by atoms with Crippen molar-refractivity contribution in [1.29, 1.82) is 0 Å². The number of benzene rings is 3. The molecule has 0 saturated heterocycles. The van der Waals surface area contributed by atoms with Gasteiger partial charge in [-0.15, -0.1) is 0 Å². The minimum absolute atomic E-state index is 0.00800. The smallest absolute Gasteiger partial charge is 0.269 e. The quantitative estimate of drug-likeness (QED) is 0.130. The lowest BCUT2D eigenvalue weighted by Gasteiger charge is -2.07. The van der Waals surface area contributed by atoms with Crippen LogP contribution < -0.4 is 4.74 Å². The highest BCUT2D eigenvalue weighted by molar-refractivity contribution is 7.71. The summed E-state index contributed by atoms with van der Waals surface area (Å²) in [5.41, 5.74) is 4.15. The predicted octanol–water partition coefficient (Wildman–Crippen LogP) is 5.32. The Morgan fingerprint density at radius 2 is 1.81 bits per heavy atom. The number of nitrogens with one attached hydrogen (secondary N) is 1. The molecule has 0 aliphatic heterocycles. The zero-order valence-electron chi connectivity index (χ0n) is 19.7. The highest BCUT2D eigenvalue weighted by Gasteiger charge is 2.18. The Hall–Kier alpha value is -4.90. The summed E-state index contributed by atoms with van der Waals surface area (Å²) in [6.45, 7) is 0.512. The van der Waals surface area contributed by atoms with Crippen LogP contribution in [0.2, 0.25) is 0 Å². The SMILES string of the molecule is COc1ccc(-c2cc(-c3n[nH]c(=S)n3/N=C/c3ccc([N+](=O)[O-])cc3)n(Cc3ccccc3)n2)cc1. The van der Waals surface area contributed by atoms with Gasteiger partial charge >= 0.3 is 0 Å². The minimum Gasteiger partial charge on any atom is -0.497 e. The Morgan fingerprint density at radius 1 is 1.08 bits per heavy atom. The normalized spacial score (nSPS) is 11.2. The van der Waals surface area contributed by atoms with Crippen LogP contribution in [0.1, 0.15) is 11.1 Å². The van der Waals surface area contributed by atoms with Gasteiger partial charge in [-0.25, -0.2) is 5.10 Å². The maximum Gasteiger partial charge on any atom is 0.269 e. The lowest BCUT2D eigenvalue weighted by molar-refractivity contribution is -0.384. The summed E-state index contributed by atoms with van der Waals surface area (Å²) in [7, 11) is 1.63.